The molecule has 0 saturated heterocycles. The summed E-state index contributed by atoms with van der Waals surface area (Å²) < 4.78 is 15.3. The van der Waals surface area contributed by atoms with Gasteiger partial charge in [-0.25, -0.2) is 4.39 Å². The third-order valence-electron chi connectivity index (χ3n) is 3.27. The predicted molar refractivity (Wildman–Crippen MR) is 83.6 cm³/mol. The van der Waals surface area contributed by atoms with Crippen molar-refractivity contribution in [1.29, 1.82) is 0 Å². The molecular formula is C16H12ClFN2O2. The molecule has 1 heterocycles. The summed E-state index contributed by atoms with van der Waals surface area (Å²) in [7, 11) is 0. The summed E-state index contributed by atoms with van der Waals surface area (Å²) >= 11 is 5.96. The molecule has 6 heteroatoms. The van der Waals surface area contributed by atoms with E-state index in [1.54, 1.807) is 22.9 Å². The van der Waals surface area contributed by atoms with Crippen LogP contribution in [-0.4, -0.2) is 15.6 Å². The highest BCUT2D eigenvalue weighted by atomic mass is 35.5. The number of aromatic hydroxyl groups is 1. The van der Waals surface area contributed by atoms with E-state index in [0.717, 1.165) is 23.0 Å². The van der Waals surface area contributed by atoms with Gasteiger partial charge in [0, 0.05) is 22.8 Å². The molecule has 0 radical (unpaired) electrons. The maximum Gasteiger partial charge on any atom is 0.244 e. The first-order valence-electron chi connectivity index (χ1n) is 6.56. The van der Waals surface area contributed by atoms with Gasteiger partial charge in [-0.3, -0.25) is 4.79 Å². The zero-order chi connectivity index (χ0) is 15.7. The van der Waals surface area contributed by atoms with Gasteiger partial charge in [0.1, 0.15) is 18.1 Å². The molecule has 2 aromatic carbocycles. The standard InChI is InChI=1S/C16H12ClFN2O2/c17-11-2-1-10-5-6-20(15(10)7-11)9-16(22)19-14-8-12(21)3-4-13(14)18/h1-8,21H,9H2,(H,19,22). The second-order valence-corrected chi connectivity index (χ2v) is 5.30. The first-order chi connectivity index (χ1) is 10.5. The van der Waals surface area contributed by atoms with Gasteiger partial charge in [-0.15, -0.1) is 0 Å². The quantitative estimate of drug-likeness (QED) is 0.772. The van der Waals surface area contributed by atoms with Crippen molar-refractivity contribution in [2.24, 2.45) is 0 Å². The van der Waals surface area contributed by atoms with Gasteiger partial charge < -0.3 is 15.0 Å². The summed E-state index contributed by atoms with van der Waals surface area (Å²) in [5, 5.41) is 13.3. The molecule has 0 spiro atoms. The van der Waals surface area contributed by atoms with E-state index < -0.39 is 11.7 Å². The first-order valence-corrected chi connectivity index (χ1v) is 6.93. The number of carbonyl (C=O) groups excluding carboxylic acids is 1. The van der Waals surface area contributed by atoms with Crippen LogP contribution < -0.4 is 5.32 Å². The van der Waals surface area contributed by atoms with E-state index in [1.165, 1.54) is 6.07 Å². The van der Waals surface area contributed by atoms with Gasteiger partial charge >= 0.3 is 0 Å². The zero-order valence-electron chi connectivity index (χ0n) is 11.4. The Morgan fingerprint density at radius 2 is 2.05 bits per heavy atom. The number of phenolic OH excluding ortho intramolecular Hbond substituents is 1. The van der Waals surface area contributed by atoms with E-state index in [2.05, 4.69) is 5.32 Å². The van der Waals surface area contributed by atoms with Gasteiger partial charge in [-0.05, 0) is 35.7 Å². The highest BCUT2D eigenvalue weighted by Gasteiger charge is 2.10. The van der Waals surface area contributed by atoms with Crippen molar-refractivity contribution >= 4 is 34.1 Å². The zero-order valence-corrected chi connectivity index (χ0v) is 12.1. The van der Waals surface area contributed by atoms with Gasteiger partial charge in [0.25, 0.3) is 0 Å². The third-order valence-corrected chi connectivity index (χ3v) is 3.51. The Hall–Kier alpha value is -2.53. The number of fused-ring (bicyclic) bond motifs is 1. The van der Waals surface area contributed by atoms with Crippen LogP contribution in [0.2, 0.25) is 5.02 Å². The van der Waals surface area contributed by atoms with E-state index in [1.807, 2.05) is 12.1 Å². The Labute approximate surface area is 130 Å². The largest absolute Gasteiger partial charge is 0.508 e. The minimum Gasteiger partial charge on any atom is -0.508 e. The number of rotatable bonds is 3. The van der Waals surface area contributed by atoms with E-state index in [4.69, 9.17) is 11.6 Å². The number of hydrogen-bond donors (Lipinski definition) is 2. The molecule has 0 bridgehead atoms. The van der Waals surface area contributed by atoms with Crippen LogP contribution in [0.25, 0.3) is 10.9 Å². The van der Waals surface area contributed by atoms with Crippen LogP contribution in [-0.2, 0) is 11.3 Å². The SMILES string of the molecule is O=C(Cn1ccc2ccc(Cl)cc21)Nc1cc(O)ccc1F. The van der Waals surface area contributed by atoms with Gasteiger partial charge in [0.15, 0.2) is 0 Å². The Kier molecular flexibility index (Phi) is 3.73. The topological polar surface area (TPSA) is 54.3 Å². The van der Waals surface area contributed by atoms with E-state index in [9.17, 15) is 14.3 Å². The number of carbonyl (C=O) groups is 1. The number of anilines is 1. The Bertz CT molecular complexity index is 860. The molecule has 4 nitrogen and oxygen atoms in total. The minimum absolute atomic E-state index is 0.0128. The molecule has 1 aromatic heterocycles. The van der Waals surface area contributed by atoms with Crippen molar-refractivity contribution in [3.8, 4) is 5.75 Å². The van der Waals surface area contributed by atoms with Crippen molar-refractivity contribution in [2.75, 3.05) is 5.32 Å². The lowest BCUT2D eigenvalue weighted by molar-refractivity contribution is -0.116. The molecule has 0 aliphatic carbocycles. The average Bonchev–Trinajstić information content (AvgIpc) is 2.85. The van der Waals surface area contributed by atoms with E-state index >= 15 is 0 Å². The lowest BCUT2D eigenvalue weighted by Crippen LogP contribution is -2.18. The second kappa shape index (κ2) is 5.69. The lowest BCUT2D eigenvalue weighted by Gasteiger charge is -2.09. The number of benzene rings is 2. The molecule has 2 N–H and O–H groups in total. The van der Waals surface area contributed by atoms with Crippen molar-refractivity contribution in [2.45, 2.75) is 6.54 Å². The molecule has 0 aliphatic heterocycles. The third kappa shape index (κ3) is 2.89. The number of aromatic nitrogens is 1. The molecule has 0 fully saturated rings. The summed E-state index contributed by atoms with van der Waals surface area (Å²) in [5.41, 5.74) is 0.763. The number of nitrogens with zero attached hydrogens (tertiary/aromatic N) is 1. The van der Waals surface area contributed by atoms with E-state index in [0.29, 0.717) is 5.02 Å². The fraction of sp³-hybridized carbons (Fsp3) is 0.0625. The van der Waals surface area contributed by atoms with Gasteiger partial charge in [0.05, 0.1) is 5.69 Å². The van der Waals surface area contributed by atoms with Gasteiger partial charge in [-0.1, -0.05) is 17.7 Å². The molecule has 112 valence electrons. The fourth-order valence-corrected chi connectivity index (χ4v) is 2.41. The molecule has 0 saturated carbocycles. The molecule has 0 atom stereocenters. The summed E-state index contributed by atoms with van der Waals surface area (Å²) in [6.45, 7) is 0.0128. The number of nitrogens with one attached hydrogen (secondary N) is 1. The number of hydrogen-bond acceptors (Lipinski definition) is 2. The summed E-state index contributed by atoms with van der Waals surface area (Å²) in [6.07, 6.45) is 1.76. The summed E-state index contributed by atoms with van der Waals surface area (Å²) in [5.74, 6) is -1.12. The van der Waals surface area contributed by atoms with Crippen molar-refractivity contribution < 1.29 is 14.3 Å². The fourth-order valence-electron chi connectivity index (χ4n) is 2.25. The van der Waals surface area contributed by atoms with Crippen LogP contribution in [0.15, 0.2) is 48.7 Å². The van der Waals surface area contributed by atoms with Crippen molar-refractivity contribution in [3.05, 3.63) is 59.5 Å². The van der Waals surface area contributed by atoms with Crippen molar-refractivity contribution in [1.82, 2.24) is 4.57 Å². The Morgan fingerprint density at radius 3 is 2.86 bits per heavy atom. The van der Waals surface area contributed by atoms with Crippen LogP contribution in [0.4, 0.5) is 10.1 Å². The van der Waals surface area contributed by atoms with Crippen LogP contribution in [0.3, 0.4) is 0 Å². The summed E-state index contributed by atoms with van der Waals surface area (Å²) in [6, 6.07) is 10.7. The highest BCUT2D eigenvalue weighted by Crippen LogP contribution is 2.22. The summed E-state index contributed by atoms with van der Waals surface area (Å²) in [4.78, 5) is 12.1. The average molecular weight is 319 g/mol. The molecule has 3 rings (SSSR count). The Morgan fingerprint density at radius 1 is 1.23 bits per heavy atom. The molecule has 0 aliphatic rings. The molecular weight excluding hydrogens is 307 g/mol. The number of phenols is 1. The molecule has 1 amide bonds. The number of halogens is 2. The molecule has 3 aromatic rings. The highest BCUT2D eigenvalue weighted by molar-refractivity contribution is 6.31. The van der Waals surface area contributed by atoms with Crippen LogP contribution in [0.1, 0.15) is 0 Å². The maximum atomic E-state index is 13.6. The van der Waals surface area contributed by atoms with E-state index in [-0.39, 0.29) is 18.0 Å². The van der Waals surface area contributed by atoms with Gasteiger partial charge in [-0.2, -0.15) is 0 Å². The number of amides is 1. The van der Waals surface area contributed by atoms with Crippen LogP contribution >= 0.6 is 11.6 Å². The minimum atomic E-state index is -0.605. The van der Waals surface area contributed by atoms with Crippen LogP contribution in [0.5, 0.6) is 5.75 Å². The monoisotopic (exact) mass is 318 g/mol. The lowest BCUT2D eigenvalue weighted by atomic mass is 10.2. The maximum absolute atomic E-state index is 13.6. The van der Waals surface area contributed by atoms with Crippen molar-refractivity contribution in [3.63, 3.8) is 0 Å². The van der Waals surface area contributed by atoms with Gasteiger partial charge in [0.2, 0.25) is 5.91 Å². The smallest absolute Gasteiger partial charge is 0.244 e. The first kappa shape index (κ1) is 14.4. The molecule has 22 heavy (non-hydrogen) atoms. The Balaban J connectivity index is 1.81. The molecule has 0 unspecified atom stereocenters. The normalized spacial score (nSPS) is 10.8. The second-order valence-electron chi connectivity index (χ2n) is 4.86. The predicted octanol–water partition coefficient (Wildman–Crippen LogP) is 3.78. The van der Waals surface area contributed by atoms with Crippen LogP contribution in [0, 0.1) is 5.82 Å².